The molecular weight excluding hydrogens is 280 g/mol. The molecule has 0 aliphatic carbocycles. The number of sulfone groups is 1. The topological polar surface area (TPSA) is 51.2 Å². The van der Waals surface area contributed by atoms with Crippen LogP contribution in [0.1, 0.15) is 22.3 Å². The van der Waals surface area contributed by atoms with Gasteiger partial charge < -0.3 is 0 Å². The molecule has 0 fully saturated rings. The molecule has 0 aliphatic heterocycles. The summed E-state index contributed by atoms with van der Waals surface area (Å²) in [7, 11) is -3.20. The summed E-state index contributed by atoms with van der Waals surface area (Å²) in [6.07, 6.45) is 2.31. The van der Waals surface area contributed by atoms with Crippen LogP contribution in [-0.2, 0) is 16.3 Å². The number of hydrogen-bond acceptors (Lipinski definition) is 4. The van der Waals surface area contributed by atoms with Crippen molar-refractivity contribution < 1.29 is 13.2 Å². The van der Waals surface area contributed by atoms with Crippen molar-refractivity contribution in [2.45, 2.75) is 17.7 Å². The first kappa shape index (κ1) is 14.0. The van der Waals surface area contributed by atoms with Gasteiger partial charge in [0.1, 0.15) is 0 Å². The van der Waals surface area contributed by atoms with E-state index in [0.717, 1.165) is 18.2 Å². The second-order valence-electron chi connectivity index (χ2n) is 4.35. The Bertz CT molecular complexity index is 653. The van der Waals surface area contributed by atoms with Crippen molar-refractivity contribution in [2.75, 3.05) is 6.26 Å². The Morgan fingerprint density at radius 1 is 1.16 bits per heavy atom. The van der Waals surface area contributed by atoms with Crippen LogP contribution in [0.3, 0.4) is 0 Å². The van der Waals surface area contributed by atoms with Gasteiger partial charge in [0.2, 0.25) is 0 Å². The van der Waals surface area contributed by atoms with E-state index < -0.39 is 9.84 Å². The first-order valence-corrected chi connectivity index (χ1v) is 8.64. The molecule has 1 aromatic carbocycles. The van der Waals surface area contributed by atoms with Crippen LogP contribution in [0, 0.1) is 0 Å². The van der Waals surface area contributed by atoms with Gasteiger partial charge in [-0.2, -0.15) is 11.3 Å². The van der Waals surface area contributed by atoms with Gasteiger partial charge in [-0.25, -0.2) is 8.42 Å². The van der Waals surface area contributed by atoms with Gasteiger partial charge in [-0.1, -0.05) is 12.1 Å². The monoisotopic (exact) mass is 294 g/mol. The van der Waals surface area contributed by atoms with E-state index in [-0.39, 0.29) is 10.7 Å². The fourth-order valence-electron chi connectivity index (χ4n) is 1.73. The predicted octanol–water partition coefficient (Wildman–Crippen LogP) is 2.97. The lowest BCUT2D eigenvalue weighted by molar-refractivity contribution is 0.0983. The maximum atomic E-state index is 12.0. The van der Waals surface area contributed by atoms with Crippen molar-refractivity contribution >= 4 is 27.0 Å². The standard InChI is InChI=1S/C14H14O3S2/c1-19(16,17)13-5-3-12(4-6-13)14(15)7-2-11-8-9-18-10-11/h3-6,8-10H,2,7H2,1H3. The summed E-state index contributed by atoms with van der Waals surface area (Å²) in [5.41, 5.74) is 1.72. The zero-order valence-electron chi connectivity index (χ0n) is 10.5. The number of benzene rings is 1. The third-order valence-corrected chi connectivity index (χ3v) is 4.69. The molecule has 0 aliphatic rings. The molecule has 0 radical (unpaired) electrons. The summed E-state index contributed by atoms with van der Waals surface area (Å²) in [5.74, 6) is 0.0336. The summed E-state index contributed by atoms with van der Waals surface area (Å²) in [6, 6.07) is 8.11. The Kier molecular flexibility index (Phi) is 4.17. The summed E-state index contributed by atoms with van der Waals surface area (Å²) in [4.78, 5) is 12.2. The van der Waals surface area contributed by atoms with E-state index in [9.17, 15) is 13.2 Å². The van der Waals surface area contributed by atoms with E-state index in [1.807, 2.05) is 16.8 Å². The quantitative estimate of drug-likeness (QED) is 0.797. The van der Waals surface area contributed by atoms with Crippen LogP contribution in [0.5, 0.6) is 0 Å². The minimum absolute atomic E-state index is 0.0336. The fraction of sp³-hybridized carbons (Fsp3) is 0.214. The van der Waals surface area contributed by atoms with Gasteiger partial charge in [0.15, 0.2) is 15.6 Å². The molecule has 5 heteroatoms. The maximum Gasteiger partial charge on any atom is 0.175 e. The number of rotatable bonds is 5. The normalized spacial score (nSPS) is 11.4. The molecule has 0 atom stereocenters. The molecule has 100 valence electrons. The van der Waals surface area contributed by atoms with Crippen LogP contribution < -0.4 is 0 Å². The summed E-state index contributed by atoms with van der Waals surface area (Å²) < 4.78 is 22.6. The Balaban J connectivity index is 2.04. The van der Waals surface area contributed by atoms with E-state index in [1.54, 1.807) is 23.5 Å². The van der Waals surface area contributed by atoms with E-state index in [0.29, 0.717) is 12.0 Å². The molecule has 0 amide bonds. The minimum atomic E-state index is -3.20. The first-order valence-electron chi connectivity index (χ1n) is 5.81. The molecule has 1 aromatic heterocycles. The first-order chi connectivity index (χ1) is 8.97. The molecular formula is C14H14O3S2. The third kappa shape index (κ3) is 3.75. The lowest BCUT2D eigenvalue weighted by Gasteiger charge is -2.02. The van der Waals surface area contributed by atoms with Crippen LogP contribution in [0.15, 0.2) is 46.0 Å². The Labute approximate surface area is 116 Å². The molecule has 19 heavy (non-hydrogen) atoms. The van der Waals surface area contributed by atoms with Gasteiger partial charge >= 0.3 is 0 Å². The van der Waals surface area contributed by atoms with Gasteiger partial charge in [-0.15, -0.1) is 0 Å². The van der Waals surface area contributed by atoms with E-state index in [4.69, 9.17) is 0 Å². The average molecular weight is 294 g/mol. The Morgan fingerprint density at radius 2 is 1.84 bits per heavy atom. The Hall–Kier alpha value is -1.46. The third-order valence-electron chi connectivity index (χ3n) is 2.83. The molecule has 0 N–H and O–H groups in total. The van der Waals surface area contributed by atoms with Gasteiger partial charge in [-0.05, 0) is 40.9 Å². The second-order valence-corrected chi connectivity index (χ2v) is 7.15. The number of aryl methyl sites for hydroxylation is 1. The van der Waals surface area contributed by atoms with Crippen molar-refractivity contribution in [3.63, 3.8) is 0 Å². The highest BCUT2D eigenvalue weighted by molar-refractivity contribution is 7.90. The predicted molar refractivity (Wildman–Crippen MR) is 76.5 cm³/mol. The summed E-state index contributed by atoms with van der Waals surface area (Å²) in [5, 5.41) is 4.01. The molecule has 0 spiro atoms. The van der Waals surface area contributed by atoms with Crippen molar-refractivity contribution in [2.24, 2.45) is 0 Å². The number of carbonyl (C=O) groups is 1. The van der Waals surface area contributed by atoms with Crippen molar-refractivity contribution in [1.82, 2.24) is 0 Å². The fourth-order valence-corrected chi connectivity index (χ4v) is 3.06. The number of thiophene rings is 1. The largest absolute Gasteiger partial charge is 0.294 e. The molecule has 2 aromatic rings. The van der Waals surface area contributed by atoms with E-state index >= 15 is 0 Å². The molecule has 0 saturated heterocycles. The van der Waals surface area contributed by atoms with Crippen molar-refractivity contribution in [3.05, 3.63) is 52.2 Å². The van der Waals surface area contributed by atoms with E-state index in [2.05, 4.69) is 0 Å². The summed E-state index contributed by atoms with van der Waals surface area (Å²) in [6.45, 7) is 0. The van der Waals surface area contributed by atoms with Crippen LogP contribution in [0.4, 0.5) is 0 Å². The maximum absolute atomic E-state index is 12.0. The Morgan fingerprint density at radius 3 is 2.37 bits per heavy atom. The van der Waals surface area contributed by atoms with Gasteiger partial charge in [0, 0.05) is 18.2 Å². The van der Waals surface area contributed by atoms with Gasteiger partial charge in [-0.3, -0.25) is 4.79 Å². The molecule has 0 unspecified atom stereocenters. The average Bonchev–Trinajstić information content (AvgIpc) is 2.88. The summed E-state index contributed by atoms with van der Waals surface area (Å²) >= 11 is 1.61. The van der Waals surface area contributed by atoms with Crippen LogP contribution >= 0.6 is 11.3 Å². The highest BCUT2D eigenvalue weighted by atomic mass is 32.2. The molecule has 3 nitrogen and oxygen atoms in total. The molecule has 1 heterocycles. The van der Waals surface area contributed by atoms with Gasteiger partial charge in [0.05, 0.1) is 4.90 Å². The zero-order valence-corrected chi connectivity index (χ0v) is 12.1. The SMILES string of the molecule is CS(=O)(=O)c1ccc(C(=O)CCc2ccsc2)cc1. The highest BCUT2D eigenvalue weighted by Crippen LogP contribution is 2.14. The second kappa shape index (κ2) is 5.67. The highest BCUT2D eigenvalue weighted by Gasteiger charge is 2.10. The molecule has 0 bridgehead atoms. The van der Waals surface area contributed by atoms with E-state index in [1.165, 1.54) is 12.1 Å². The number of hydrogen-bond donors (Lipinski definition) is 0. The number of ketones is 1. The lowest BCUT2D eigenvalue weighted by atomic mass is 10.0. The van der Waals surface area contributed by atoms with Crippen molar-refractivity contribution in [1.29, 1.82) is 0 Å². The molecule has 0 saturated carbocycles. The van der Waals surface area contributed by atoms with Crippen LogP contribution in [-0.4, -0.2) is 20.5 Å². The van der Waals surface area contributed by atoms with Crippen LogP contribution in [0.2, 0.25) is 0 Å². The lowest BCUT2D eigenvalue weighted by Crippen LogP contribution is -2.02. The smallest absolute Gasteiger partial charge is 0.175 e. The zero-order chi connectivity index (χ0) is 13.9. The number of carbonyl (C=O) groups excluding carboxylic acids is 1. The minimum Gasteiger partial charge on any atom is -0.294 e. The van der Waals surface area contributed by atoms with Crippen LogP contribution in [0.25, 0.3) is 0 Å². The molecule has 2 rings (SSSR count). The van der Waals surface area contributed by atoms with Gasteiger partial charge in [0.25, 0.3) is 0 Å². The number of Topliss-reactive ketones (excluding diaryl/α,β-unsaturated/α-hetero) is 1. The van der Waals surface area contributed by atoms with Crippen molar-refractivity contribution in [3.8, 4) is 0 Å².